The van der Waals surface area contributed by atoms with Gasteiger partial charge in [-0.2, -0.15) is 29.0 Å². The topological polar surface area (TPSA) is 124 Å². The van der Waals surface area contributed by atoms with Crippen LogP contribution >= 0.6 is 22.7 Å². The van der Waals surface area contributed by atoms with E-state index in [-0.39, 0.29) is 13.2 Å². The predicted octanol–water partition coefficient (Wildman–Crippen LogP) is 10.4. The monoisotopic (exact) mass is 956 g/mol. The highest BCUT2D eigenvalue weighted by Gasteiger charge is 2.61. The van der Waals surface area contributed by atoms with Crippen LogP contribution in [0.2, 0.25) is 0 Å². The Hall–Kier alpha value is -5.72. The van der Waals surface area contributed by atoms with Crippen molar-refractivity contribution in [3.63, 3.8) is 0 Å². The lowest BCUT2D eigenvalue weighted by Crippen LogP contribution is -2.72. The fourth-order valence-corrected chi connectivity index (χ4v) is 18.0. The number of ether oxygens (including phenoxy) is 1. The smallest absolute Gasteiger partial charge is 0.432 e. The molecule has 3 aromatic carbocycles. The van der Waals surface area contributed by atoms with Crippen molar-refractivity contribution >= 4 is 63.3 Å². The number of nitrogens with zero attached hydrogens (tertiary/aromatic N) is 4. The average Bonchev–Trinajstić information content (AvgIpc) is 4.09. The largest absolute Gasteiger partial charge is 0.470 e. The van der Waals surface area contributed by atoms with Crippen LogP contribution in [-0.4, -0.2) is 56.4 Å². The Labute approximate surface area is 401 Å². The zero-order valence-electron chi connectivity index (χ0n) is 38.2. The minimum absolute atomic E-state index is 0.0416. The molecule has 0 saturated carbocycles. The third kappa shape index (κ3) is 9.70. The van der Waals surface area contributed by atoms with Crippen LogP contribution in [0.1, 0.15) is 88.1 Å². The highest BCUT2D eigenvalue weighted by Crippen LogP contribution is 2.50. The van der Waals surface area contributed by atoms with Gasteiger partial charge in [-0.05, 0) is 100 Å². The van der Waals surface area contributed by atoms with Crippen molar-refractivity contribution < 1.29 is 28.1 Å². The molecule has 67 heavy (non-hydrogen) atoms. The van der Waals surface area contributed by atoms with E-state index >= 15 is 0 Å². The van der Waals surface area contributed by atoms with Gasteiger partial charge in [0.15, 0.2) is 19.4 Å². The zero-order chi connectivity index (χ0) is 47.8. The molecule has 7 rings (SSSR count). The molecular formula is C54H55F3N4O3S2Si. The standard InChI is InChI=1S/C54H55F3N4O3S2Si/c1-4-6-8-10-12-37-14-23-43(24-15-37)67(44-25-16-38(17-26-44)13-11-9-7-5-2)48-32-42(22-27-46-45(36-60)50(40(34-58)35-59)64-53(46,3)54(55,56)57)65-51(48)52-49(67)33-47(66-52)39-18-20-41(21-19-39)61(28-30-62)29-31-63/h14-27,32-33,62-63H,4-13,28-31H2,1-3H3/b27-22+. The highest BCUT2D eigenvalue weighted by atomic mass is 32.1. The SMILES string of the molecule is CCCCCCc1ccc([Si]2(c3ccc(CCCCCC)cc3)c3cc(/C=C/C4=C(C#N)C(=C(C#N)C#N)OC4(C)C(F)(F)F)sc3-c3sc(-c4ccc(N(CCO)CCO)cc4)cc32)cc1. The molecule has 0 bridgehead atoms. The molecule has 5 aromatic rings. The van der Waals surface area contributed by atoms with Crippen molar-refractivity contribution in [1.82, 2.24) is 0 Å². The van der Waals surface area contributed by atoms with E-state index in [2.05, 4.69) is 86.6 Å². The van der Waals surface area contributed by atoms with Gasteiger partial charge in [0.05, 0.1) is 13.2 Å². The van der Waals surface area contributed by atoms with Gasteiger partial charge >= 0.3 is 6.18 Å². The summed E-state index contributed by atoms with van der Waals surface area (Å²) in [6.07, 6.45) is 9.16. The van der Waals surface area contributed by atoms with Gasteiger partial charge in [0.2, 0.25) is 5.60 Å². The van der Waals surface area contributed by atoms with Gasteiger partial charge in [-0.15, -0.1) is 22.7 Å². The molecule has 2 aliphatic rings. The lowest BCUT2D eigenvalue weighted by molar-refractivity contribution is -0.236. The van der Waals surface area contributed by atoms with Gasteiger partial charge in [0, 0.05) is 43.9 Å². The number of benzene rings is 3. The number of hydrogen-bond acceptors (Lipinski definition) is 9. The number of aryl methyl sites for hydroxylation is 2. The van der Waals surface area contributed by atoms with Gasteiger partial charge in [0.1, 0.15) is 23.8 Å². The number of aliphatic hydroxyl groups is 2. The number of alkyl halides is 3. The van der Waals surface area contributed by atoms with Crippen LogP contribution in [0.25, 0.3) is 26.3 Å². The summed E-state index contributed by atoms with van der Waals surface area (Å²) >= 11 is 3.19. The average molecular weight is 957 g/mol. The second kappa shape index (κ2) is 21.5. The van der Waals surface area contributed by atoms with Crippen molar-refractivity contribution in [1.29, 1.82) is 15.8 Å². The van der Waals surface area contributed by atoms with E-state index in [1.807, 2.05) is 17.0 Å². The van der Waals surface area contributed by atoms with Crippen molar-refractivity contribution in [2.45, 2.75) is 96.8 Å². The number of thiophene rings is 2. The van der Waals surface area contributed by atoms with Crippen LogP contribution in [0.3, 0.4) is 0 Å². The predicted molar refractivity (Wildman–Crippen MR) is 268 cm³/mol. The number of unbranched alkanes of at least 4 members (excludes halogenated alkanes) is 6. The lowest BCUT2D eigenvalue weighted by Gasteiger charge is -2.30. The van der Waals surface area contributed by atoms with E-state index in [0.29, 0.717) is 18.0 Å². The molecule has 2 N–H and O–H groups in total. The molecule has 13 heteroatoms. The lowest BCUT2D eigenvalue weighted by atomic mass is 9.92. The third-order valence-corrected chi connectivity index (χ3v) is 20.6. The molecule has 346 valence electrons. The summed E-state index contributed by atoms with van der Waals surface area (Å²) in [4.78, 5) is 5.86. The number of rotatable bonds is 20. The molecule has 0 amide bonds. The third-order valence-electron chi connectivity index (χ3n) is 13.0. The van der Waals surface area contributed by atoms with Crippen molar-refractivity contribution in [3.05, 3.63) is 129 Å². The van der Waals surface area contributed by atoms with E-state index in [0.717, 1.165) is 63.7 Å². The second-order valence-corrected chi connectivity index (χ2v) is 23.2. The Balaban J connectivity index is 1.42. The first kappa shape index (κ1) is 49.2. The first-order valence-corrected chi connectivity index (χ1v) is 26.7. The first-order chi connectivity index (χ1) is 32.4. The van der Waals surface area contributed by atoms with E-state index in [4.69, 9.17) is 4.74 Å². The zero-order valence-corrected chi connectivity index (χ0v) is 40.8. The fraction of sp³-hybridized carbons (Fsp3) is 0.352. The van der Waals surface area contributed by atoms with Crippen LogP contribution in [0.15, 0.2) is 113 Å². The van der Waals surface area contributed by atoms with Gasteiger partial charge in [-0.3, -0.25) is 0 Å². The fourth-order valence-electron chi connectivity index (χ4n) is 9.36. The molecule has 2 aliphatic heterocycles. The summed E-state index contributed by atoms with van der Waals surface area (Å²) in [6.45, 7) is 5.95. The van der Waals surface area contributed by atoms with E-state index in [1.165, 1.54) is 82.6 Å². The molecule has 1 unspecified atom stereocenters. The van der Waals surface area contributed by atoms with Crippen molar-refractivity contribution in [2.75, 3.05) is 31.2 Å². The summed E-state index contributed by atoms with van der Waals surface area (Å²) < 4.78 is 50.0. The molecule has 0 spiro atoms. The Bertz CT molecular complexity index is 2690. The Morgan fingerprint density at radius 2 is 1.27 bits per heavy atom. The maximum absolute atomic E-state index is 14.9. The Morgan fingerprint density at radius 1 is 0.731 bits per heavy atom. The molecule has 7 nitrogen and oxygen atoms in total. The number of anilines is 1. The molecular weight excluding hydrogens is 902 g/mol. The molecule has 0 saturated heterocycles. The maximum atomic E-state index is 14.9. The number of hydrogen-bond donors (Lipinski definition) is 2. The molecule has 0 radical (unpaired) electrons. The van der Waals surface area contributed by atoms with Gasteiger partial charge in [0.25, 0.3) is 0 Å². The summed E-state index contributed by atoms with van der Waals surface area (Å²) in [7, 11) is -3.10. The molecule has 2 aromatic heterocycles. The molecule has 0 fully saturated rings. The van der Waals surface area contributed by atoms with E-state index in [9.17, 15) is 39.2 Å². The first-order valence-electron chi connectivity index (χ1n) is 23.1. The summed E-state index contributed by atoms with van der Waals surface area (Å²) in [6, 6.07) is 35.8. The van der Waals surface area contributed by atoms with Gasteiger partial charge in [-0.1, -0.05) is 119 Å². The molecule has 4 heterocycles. The number of nitriles is 3. The van der Waals surface area contributed by atoms with Crippen molar-refractivity contribution in [2.24, 2.45) is 0 Å². The number of halogens is 3. The maximum Gasteiger partial charge on any atom is 0.432 e. The van der Waals surface area contributed by atoms with Crippen LogP contribution in [0.4, 0.5) is 18.9 Å². The van der Waals surface area contributed by atoms with Crippen LogP contribution in [0.5, 0.6) is 0 Å². The number of aliphatic hydroxyl groups excluding tert-OH is 2. The Kier molecular flexibility index (Phi) is 15.8. The summed E-state index contributed by atoms with van der Waals surface area (Å²) in [5.74, 6) is -0.673. The second-order valence-electron chi connectivity index (χ2n) is 17.3. The summed E-state index contributed by atoms with van der Waals surface area (Å²) in [5, 5.41) is 53.6. The van der Waals surface area contributed by atoms with E-state index in [1.54, 1.807) is 35.6 Å². The number of allylic oxidation sites excluding steroid dienone is 2. The van der Waals surface area contributed by atoms with Crippen LogP contribution in [0, 0.1) is 34.0 Å². The molecule has 1 atom stereocenters. The van der Waals surface area contributed by atoms with Crippen LogP contribution in [-0.2, 0) is 17.6 Å². The summed E-state index contributed by atoms with van der Waals surface area (Å²) in [5.41, 5.74) is -0.190. The van der Waals surface area contributed by atoms with E-state index < -0.39 is 42.3 Å². The number of fused-ring (bicyclic) bond motifs is 3. The quantitative estimate of drug-likeness (QED) is 0.0444. The minimum atomic E-state index is -4.98. The normalized spacial score (nSPS) is 16.1. The minimum Gasteiger partial charge on any atom is -0.470 e. The van der Waals surface area contributed by atoms with Crippen LogP contribution < -0.4 is 25.6 Å². The van der Waals surface area contributed by atoms with Gasteiger partial charge < -0.3 is 19.8 Å². The Morgan fingerprint density at radius 3 is 1.76 bits per heavy atom. The van der Waals surface area contributed by atoms with Gasteiger partial charge in [-0.25, -0.2) is 0 Å². The molecule has 0 aliphatic carbocycles. The van der Waals surface area contributed by atoms with Crippen molar-refractivity contribution in [3.8, 4) is 38.4 Å². The highest BCUT2D eigenvalue weighted by molar-refractivity contribution is 7.35.